The minimum Gasteiger partial charge on any atom is -0.480 e. The Morgan fingerprint density at radius 2 is 2.00 bits per heavy atom. The third kappa shape index (κ3) is 3.41. The summed E-state index contributed by atoms with van der Waals surface area (Å²) in [4.78, 5) is 37.7. The molecule has 0 spiro atoms. The molecule has 2 fully saturated rings. The molecule has 24 heavy (non-hydrogen) atoms. The molecule has 3 rings (SSSR count). The maximum Gasteiger partial charge on any atom is 0.326 e. The van der Waals surface area contributed by atoms with E-state index in [0.29, 0.717) is 12.3 Å². The molecule has 130 valence electrons. The lowest BCUT2D eigenvalue weighted by atomic mass is 9.84. The number of likely N-dealkylation sites (tertiary alicyclic amines) is 1. The minimum atomic E-state index is -0.919. The van der Waals surface area contributed by atoms with E-state index in [1.54, 1.807) is 17.2 Å². The van der Waals surface area contributed by atoms with Crippen LogP contribution in [-0.4, -0.2) is 38.5 Å². The summed E-state index contributed by atoms with van der Waals surface area (Å²) in [5.41, 5.74) is -0.169. The van der Waals surface area contributed by atoms with E-state index in [2.05, 4.69) is 15.9 Å². The number of carboxylic acid groups (broad SMARTS) is 1. The first-order chi connectivity index (χ1) is 11.5. The van der Waals surface area contributed by atoms with Gasteiger partial charge in [0.2, 0.25) is 5.91 Å². The molecule has 1 N–H and O–H groups in total. The third-order valence-corrected chi connectivity index (χ3v) is 5.64. The van der Waals surface area contributed by atoms with Crippen LogP contribution in [-0.2, 0) is 16.1 Å². The van der Waals surface area contributed by atoms with E-state index in [1.165, 1.54) is 10.6 Å². The minimum absolute atomic E-state index is 0.0478. The second kappa shape index (κ2) is 7.09. The molecule has 1 aliphatic heterocycles. The zero-order valence-corrected chi connectivity index (χ0v) is 14.9. The highest BCUT2D eigenvalue weighted by molar-refractivity contribution is 9.10. The van der Waals surface area contributed by atoms with Crippen molar-refractivity contribution in [2.24, 2.45) is 5.92 Å². The molecule has 1 aromatic heterocycles. The number of aryl methyl sites for hydroxylation is 1. The summed E-state index contributed by atoms with van der Waals surface area (Å²) in [5.74, 6) is -0.779. The lowest BCUT2D eigenvalue weighted by Crippen LogP contribution is -2.46. The van der Waals surface area contributed by atoms with Crippen molar-refractivity contribution in [3.63, 3.8) is 0 Å². The maximum atomic E-state index is 12.7. The number of carboxylic acids is 1. The lowest BCUT2D eigenvalue weighted by molar-refractivity contribution is -0.150. The largest absolute Gasteiger partial charge is 0.480 e. The van der Waals surface area contributed by atoms with Gasteiger partial charge in [0, 0.05) is 35.7 Å². The summed E-state index contributed by atoms with van der Waals surface area (Å²) in [6.45, 7) is 0.261. The standard InChI is InChI=1S/C17H21BrN2O4/c18-12-5-6-15(21)19(10-12)8-7-16(22)20-13-4-2-1-3-11(13)9-14(20)17(23)24/h5-6,10-11,13-14H,1-4,7-9H2,(H,23,24)/t11-,13-,14-/m0/s1. The van der Waals surface area contributed by atoms with Gasteiger partial charge in [0.05, 0.1) is 0 Å². The molecule has 6 nitrogen and oxygen atoms in total. The van der Waals surface area contributed by atoms with E-state index in [4.69, 9.17) is 0 Å². The van der Waals surface area contributed by atoms with Crippen molar-refractivity contribution in [3.05, 3.63) is 33.2 Å². The number of aromatic nitrogens is 1. The second-order valence-corrected chi connectivity index (χ2v) is 7.55. The van der Waals surface area contributed by atoms with E-state index in [0.717, 1.165) is 30.2 Å². The molecule has 1 aliphatic carbocycles. The van der Waals surface area contributed by atoms with Crippen molar-refractivity contribution < 1.29 is 14.7 Å². The predicted molar refractivity (Wildman–Crippen MR) is 91.7 cm³/mol. The zero-order chi connectivity index (χ0) is 17.3. The van der Waals surface area contributed by atoms with E-state index in [9.17, 15) is 19.5 Å². The van der Waals surface area contributed by atoms with Crippen LogP contribution in [0.25, 0.3) is 0 Å². The maximum absolute atomic E-state index is 12.7. The summed E-state index contributed by atoms with van der Waals surface area (Å²) < 4.78 is 2.25. The van der Waals surface area contributed by atoms with Crippen LogP contribution >= 0.6 is 15.9 Å². The summed E-state index contributed by atoms with van der Waals surface area (Å²) in [7, 11) is 0. The van der Waals surface area contributed by atoms with Gasteiger partial charge < -0.3 is 14.6 Å². The van der Waals surface area contributed by atoms with Gasteiger partial charge in [0.1, 0.15) is 6.04 Å². The van der Waals surface area contributed by atoms with Gasteiger partial charge in [0.15, 0.2) is 0 Å². The Hall–Kier alpha value is -1.63. The van der Waals surface area contributed by atoms with Gasteiger partial charge >= 0.3 is 5.97 Å². The van der Waals surface area contributed by atoms with Gasteiger partial charge in [-0.15, -0.1) is 0 Å². The molecule has 1 saturated carbocycles. The number of hydrogen-bond donors (Lipinski definition) is 1. The number of fused-ring (bicyclic) bond motifs is 1. The van der Waals surface area contributed by atoms with E-state index in [1.807, 2.05) is 0 Å². The molecular formula is C17H21BrN2O4. The number of rotatable bonds is 4. The highest BCUT2D eigenvalue weighted by atomic mass is 79.9. The first kappa shape index (κ1) is 17.2. The Morgan fingerprint density at radius 1 is 1.25 bits per heavy atom. The van der Waals surface area contributed by atoms with Crippen LogP contribution in [0.4, 0.5) is 0 Å². The Labute approximate surface area is 148 Å². The van der Waals surface area contributed by atoms with Crippen LogP contribution < -0.4 is 5.56 Å². The van der Waals surface area contributed by atoms with Crippen LogP contribution in [0, 0.1) is 5.92 Å². The van der Waals surface area contributed by atoms with Crippen molar-refractivity contribution in [1.82, 2.24) is 9.47 Å². The van der Waals surface area contributed by atoms with Crippen LogP contribution in [0.15, 0.2) is 27.6 Å². The third-order valence-electron chi connectivity index (χ3n) is 5.18. The average Bonchev–Trinajstić information content (AvgIpc) is 2.95. The van der Waals surface area contributed by atoms with Gasteiger partial charge in [-0.3, -0.25) is 9.59 Å². The Kier molecular flexibility index (Phi) is 5.08. The quantitative estimate of drug-likeness (QED) is 0.845. The Morgan fingerprint density at radius 3 is 2.75 bits per heavy atom. The number of carbonyl (C=O) groups excluding carboxylic acids is 1. The van der Waals surface area contributed by atoms with Crippen LogP contribution in [0.3, 0.4) is 0 Å². The number of carbonyl (C=O) groups is 2. The monoisotopic (exact) mass is 396 g/mol. The van der Waals surface area contributed by atoms with Gasteiger partial charge in [-0.05, 0) is 47.2 Å². The number of aliphatic carboxylic acids is 1. The first-order valence-electron chi connectivity index (χ1n) is 8.37. The zero-order valence-electron chi connectivity index (χ0n) is 13.4. The van der Waals surface area contributed by atoms with Crippen molar-refractivity contribution in [2.45, 2.75) is 57.2 Å². The molecule has 1 saturated heterocycles. The molecule has 0 bridgehead atoms. The normalized spacial score (nSPS) is 26.2. The summed E-state index contributed by atoms with van der Waals surface area (Å²) in [6, 6.07) is 2.44. The smallest absolute Gasteiger partial charge is 0.326 e. The molecule has 2 aliphatic rings. The summed E-state index contributed by atoms with van der Waals surface area (Å²) in [6.07, 6.45) is 6.40. The number of hydrogen-bond acceptors (Lipinski definition) is 3. The molecule has 1 amide bonds. The summed E-state index contributed by atoms with van der Waals surface area (Å²) >= 11 is 3.31. The van der Waals surface area contributed by atoms with Crippen molar-refractivity contribution in [1.29, 1.82) is 0 Å². The molecular weight excluding hydrogens is 376 g/mol. The van der Waals surface area contributed by atoms with E-state index < -0.39 is 12.0 Å². The van der Waals surface area contributed by atoms with E-state index >= 15 is 0 Å². The average molecular weight is 397 g/mol. The van der Waals surface area contributed by atoms with Crippen LogP contribution in [0.5, 0.6) is 0 Å². The van der Waals surface area contributed by atoms with Gasteiger partial charge in [-0.25, -0.2) is 4.79 Å². The molecule has 0 unspecified atom stereocenters. The molecule has 7 heteroatoms. The molecule has 1 aromatic rings. The van der Waals surface area contributed by atoms with Gasteiger partial charge in [0.25, 0.3) is 5.56 Å². The highest BCUT2D eigenvalue weighted by Crippen LogP contribution is 2.40. The fourth-order valence-electron chi connectivity index (χ4n) is 4.06. The molecule has 3 atom stereocenters. The van der Waals surface area contributed by atoms with Crippen LogP contribution in [0.1, 0.15) is 38.5 Å². The van der Waals surface area contributed by atoms with Crippen LogP contribution in [0.2, 0.25) is 0 Å². The molecule has 2 heterocycles. The number of halogens is 1. The predicted octanol–water partition coefficient (Wildman–Crippen LogP) is 2.25. The Balaban J connectivity index is 1.73. The topological polar surface area (TPSA) is 79.6 Å². The van der Waals surface area contributed by atoms with Crippen molar-refractivity contribution in [3.8, 4) is 0 Å². The highest BCUT2D eigenvalue weighted by Gasteiger charge is 2.47. The Bertz CT molecular complexity index is 702. The van der Waals surface area contributed by atoms with Crippen molar-refractivity contribution in [2.75, 3.05) is 0 Å². The lowest BCUT2D eigenvalue weighted by Gasteiger charge is -2.33. The fourth-order valence-corrected chi connectivity index (χ4v) is 4.44. The number of pyridine rings is 1. The van der Waals surface area contributed by atoms with Gasteiger partial charge in [-0.2, -0.15) is 0 Å². The molecule has 0 radical (unpaired) electrons. The fraction of sp³-hybridized carbons (Fsp3) is 0.588. The number of nitrogens with zero attached hydrogens (tertiary/aromatic N) is 2. The van der Waals surface area contributed by atoms with Gasteiger partial charge in [-0.1, -0.05) is 12.8 Å². The SMILES string of the molecule is O=C(O)[C@@H]1C[C@@H]2CCCC[C@@H]2N1C(=O)CCn1cc(Br)ccc1=O. The number of amides is 1. The summed E-state index contributed by atoms with van der Waals surface area (Å²) in [5, 5.41) is 9.49. The van der Waals surface area contributed by atoms with Crippen molar-refractivity contribution >= 4 is 27.8 Å². The molecule has 0 aromatic carbocycles. The first-order valence-corrected chi connectivity index (χ1v) is 9.16. The second-order valence-electron chi connectivity index (χ2n) is 6.63. The van der Waals surface area contributed by atoms with E-state index in [-0.39, 0.29) is 30.5 Å².